The predicted octanol–water partition coefficient (Wildman–Crippen LogP) is 4.66. The largest absolute Gasteiger partial charge is 0.444 e. The van der Waals surface area contributed by atoms with Crippen LogP contribution in [0, 0.1) is 0 Å². The van der Waals surface area contributed by atoms with Gasteiger partial charge < -0.3 is 14.4 Å². The fourth-order valence-electron chi connectivity index (χ4n) is 3.89. The van der Waals surface area contributed by atoms with Crippen molar-refractivity contribution in [1.29, 1.82) is 0 Å². The van der Waals surface area contributed by atoms with Crippen LogP contribution in [0.15, 0.2) is 60.7 Å². The maximum atomic E-state index is 12.5. The van der Waals surface area contributed by atoms with Crippen LogP contribution < -0.4 is 0 Å². The van der Waals surface area contributed by atoms with Crippen LogP contribution in [-0.4, -0.2) is 46.4 Å². The van der Waals surface area contributed by atoms with Crippen molar-refractivity contribution in [2.75, 3.05) is 13.1 Å². The Morgan fingerprint density at radius 1 is 0.967 bits per heavy atom. The highest BCUT2D eigenvalue weighted by Gasteiger charge is 2.41. The van der Waals surface area contributed by atoms with E-state index in [9.17, 15) is 9.59 Å². The molecule has 2 aromatic carbocycles. The first-order chi connectivity index (χ1) is 14.3. The molecule has 0 unspecified atom stereocenters. The number of piperidine rings is 1. The zero-order chi connectivity index (χ0) is 21.6. The summed E-state index contributed by atoms with van der Waals surface area (Å²) in [4.78, 5) is 28.9. The molecule has 1 aliphatic heterocycles. The molecule has 1 fully saturated rings. The van der Waals surface area contributed by atoms with Gasteiger partial charge in [-0.25, -0.2) is 4.79 Å². The monoisotopic (exact) mass is 408 g/mol. The van der Waals surface area contributed by atoms with Crippen LogP contribution in [0.5, 0.6) is 0 Å². The minimum atomic E-state index is -0.607. The number of nitrogens with zero attached hydrogens (tertiary/aromatic N) is 2. The molecule has 3 rings (SSSR count). The summed E-state index contributed by atoms with van der Waals surface area (Å²) in [6, 6.07) is 20.4. The van der Waals surface area contributed by atoms with E-state index in [0.717, 1.165) is 6.29 Å². The molecule has 0 aromatic heterocycles. The molecule has 0 radical (unpaired) electrons. The number of likely N-dealkylation sites (tertiary alicyclic amines) is 1. The summed E-state index contributed by atoms with van der Waals surface area (Å²) < 4.78 is 5.52. The van der Waals surface area contributed by atoms with Crippen molar-refractivity contribution in [3.05, 3.63) is 71.8 Å². The Balaban J connectivity index is 1.78. The van der Waals surface area contributed by atoms with Crippen LogP contribution in [0.4, 0.5) is 4.79 Å². The van der Waals surface area contributed by atoms with E-state index < -0.39 is 11.1 Å². The molecule has 5 heteroatoms. The topological polar surface area (TPSA) is 49.9 Å². The molecule has 2 aromatic rings. The highest BCUT2D eigenvalue weighted by molar-refractivity contribution is 5.70. The lowest BCUT2D eigenvalue weighted by molar-refractivity contribution is -0.123. The van der Waals surface area contributed by atoms with Crippen molar-refractivity contribution < 1.29 is 14.3 Å². The standard InChI is InChI=1S/C25H32N2O3/c1-24(2,3)30-23(29)26-16-14-25(20-28,15-17-26)27(18-21-10-6-4-7-11-21)19-22-12-8-5-9-13-22/h4-13,20H,14-19H2,1-3H3. The van der Waals surface area contributed by atoms with Gasteiger partial charge in [0.05, 0.1) is 5.54 Å². The van der Waals surface area contributed by atoms with Gasteiger partial charge in [-0.3, -0.25) is 4.90 Å². The zero-order valence-corrected chi connectivity index (χ0v) is 18.2. The molecule has 1 saturated heterocycles. The fourth-order valence-corrected chi connectivity index (χ4v) is 3.89. The number of ether oxygens (including phenoxy) is 1. The maximum Gasteiger partial charge on any atom is 0.410 e. The van der Waals surface area contributed by atoms with Gasteiger partial charge in [0.15, 0.2) is 0 Å². The van der Waals surface area contributed by atoms with Gasteiger partial charge in [-0.05, 0) is 44.7 Å². The number of benzene rings is 2. The summed E-state index contributed by atoms with van der Waals surface area (Å²) in [6.07, 6.45) is 1.97. The van der Waals surface area contributed by atoms with Gasteiger partial charge in [-0.1, -0.05) is 60.7 Å². The van der Waals surface area contributed by atoms with Crippen LogP contribution in [0.25, 0.3) is 0 Å². The summed E-state index contributed by atoms with van der Waals surface area (Å²) in [5, 5.41) is 0. The molecular formula is C25H32N2O3. The summed E-state index contributed by atoms with van der Waals surface area (Å²) >= 11 is 0. The first-order valence-corrected chi connectivity index (χ1v) is 10.6. The molecule has 0 bridgehead atoms. The van der Waals surface area contributed by atoms with Crippen LogP contribution in [0.3, 0.4) is 0 Å². The van der Waals surface area contributed by atoms with Gasteiger partial charge >= 0.3 is 6.09 Å². The van der Waals surface area contributed by atoms with E-state index in [4.69, 9.17) is 4.74 Å². The first kappa shape index (κ1) is 22.0. The quantitative estimate of drug-likeness (QED) is 0.653. The summed E-state index contributed by atoms with van der Waals surface area (Å²) in [5.41, 5.74) is 1.21. The molecule has 0 spiro atoms. The second-order valence-corrected chi connectivity index (χ2v) is 9.02. The van der Waals surface area contributed by atoms with Gasteiger partial charge in [-0.15, -0.1) is 0 Å². The molecule has 160 valence electrons. The molecule has 0 atom stereocenters. The minimum absolute atomic E-state index is 0.306. The van der Waals surface area contributed by atoms with Gasteiger partial charge in [0, 0.05) is 26.2 Å². The molecule has 30 heavy (non-hydrogen) atoms. The number of amides is 1. The van der Waals surface area contributed by atoms with Crippen LogP contribution >= 0.6 is 0 Å². The normalized spacial score (nSPS) is 16.3. The van der Waals surface area contributed by atoms with Crippen molar-refractivity contribution in [3.8, 4) is 0 Å². The van der Waals surface area contributed by atoms with Gasteiger partial charge in [-0.2, -0.15) is 0 Å². The molecule has 0 aliphatic carbocycles. The summed E-state index contributed by atoms with van der Waals surface area (Å²) in [6.45, 7) is 7.98. The number of aldehydes is 1. The molecule has 0 N–H and O–H groups in total. The number of carbonyl (C=O) groups excluding carboxylic acids is 2. The van der Waals surface area contributed by atoms with E-state index in [0.29, 0.717) is 39.0 Å². The van der Waals surface area contributed by atoms with Crippen molar-refractivity contribution in [1.82, 2.24) is 9.80 Å². The van der Waals surface area contributed by atoms with Crippen molar-refractivity contribution in [3.63, 3.8) is 0 Å². The zero-order valence-electron chi connectivity index (χ0n) is 18.2. The smallest absolute Gasteiger partial charge is 0.410 e. The van der Waals surface area contributed by atoms with E-state index >= 15 is 0 Å². The Kier molecular flexibility index (Phi) is 6.93. The average molecular weight is 409 g/mol. The molecule has 1 heterocycles. The number of hydrogen-bond donors (Lipinski definition) is 0. The lowest BCUT2D eigenvalue weighted by Crippen LogP contribution is -2.57. The van der Waals surface area contributed by atoms with Crippen LogP contribution in [0.1, 0.15) is 44.7 Å². The Morgan fingerprint density at radius 3 is 1.83 bits per heavy atom. The molecular weight excluding hydrogens is 376 g/mol. The van der Waals surface area contributed by atoms with Gasteiger partial charge in [0.1, 0.15) is 11.9 Å². The summed E-state index contributed by atoms with van der Waals surface area (Å²) in [5.74, 6) is 0. The second-order valence-electron chi connectivity index (χ2n) is 9.02. The third kappa shape index (κ3) is 5.70. The second kappa shape index (κ2) is 9.43. The highest BCUT2D eigenvalue weighted by Crippen LogP contribution is 2.31. The molecule has 0 saturated carbocycles. The first-order valence-electron chi connectivity index (χ1n) is 10.6. The lowest BCUT2D eigenvalue weighted by Gasteiger charge is -2.45. The third-order valence-corrected chi connectivity index (χ3v) is 5.56. The van der Waals surface area contributed by atoms with E-state index in [1.807, 2.05) is 57.2 Å². The third-order valence-electron chi connectivity index (χ3n) is 5.56. The average Bonchev–Trinajstić information content (AvgIpc) is 2.73. The molecule has 5 nitrogen and oxygen atoms in total. The SMILES string of the molecule is CC(C)(C)OC(=O)N1CCC(C=O)(N(Cc2ccccc2)Cc2ccccc2)CC1. The van der Waals surface area contributed by atoms with Crippen molar-refractivity contribution >= 4 is 12.4 Å². The van der Waals surface area contributed by atoms with Crippen LogP contribution in [-0.2, 0) is 22.6 Å². The fraction of sp³-hybridized carbons (Fsp3) is 0.440. The number of carbonyl (C=O) groups is 2. The van der Waals surface area contributed by atoms with Gasteiger partial charge in [0.25, 0.3) is 0 Å². The van der Waals surface area contributed by atoms with E-state index in [2.05, 4.69) is 29.2 Å². The Labute approximate surface area is 179 Å². The Hall–Kier alpha value is -2.66. The number of hydrogen-bond acceptors (Lipinski definition) is 4. The summed E-state index contributed by atoms with van der Waals surface area (Å²) in [7, 11) is 0. The Bertz CT molecular complexity index is 781. The highest BCUT2D eigenvalue weighted by atomic mass is 16.6. The molecule has 1 aliphatic rings. The van der Waals surface area contributed by atoms with Crippen molar-refractivity contribution in [2.24, 2.45) is 0 Å². The van der Waals surface area contributed by atoms with E-state index in [1.54, 1.807) is 4.90 Å². The van der Waals surface area contributed by atoms with Crippen LogP contribution in [0.2, 0.25) is 0 Å². The Morgan fingerprint density at radius 2 is 1.43 bits per heavy atom. The van der Waals surface area contributed by atoms with Crippen molar-refractivity contribution in [2.45, 2.75) is 57.8 Å². The minimum Gasteiger partial charge on any atom is -0.444 e. The number of rotatable bonds is 6. The van der Waals surface area contributed by atoms with E-state index in [-0.39, 0.29) is 6.09 Å². The molecule has 1 amide bonds. The maximum absolute atomic E-state index is 12.5. The predicted molar refractivity (Wildman–Crippen MR) is 118 cm³/mol. The van der Waals surface area contributed by atoms with E-state index in [1.165, 1.54) is 11.1 Å². The van der Waals surface area contributed by atoms with Gasteiger partial charge in [0.2, 0.25) is 0 Å². The lowest BCUT2D eigenvalue weighted by atomic mass is 9.86.